The first-order valence-corrected chi connectivity index (χ1v) is 7.42. The van der Waals surface area contributed by atoms with Crippen LogP contribution in [-0.2, 0) is 11.2 Å². The van der Waals surface area contributed by atoms with Gasteiger partial charge < -0.3 is 9.84 Å². The Morgan fingerprint density at radius 2 is 1.87 bits per heavy atom. The number of ether oxygens (including phenoxy) is 1. The number of fused-ring (bicyclic) bond motifs is 1. The van der Waals surface area contributed by atoms with Crippen molar-refractivity contribution in [2.45, 2.75) is 12.8 Å². The smallest absolute Gasteiger partial charge is 0.303 e. The van der Waals surface area contributed by atoms with Crippen LogP contribution in [-0.4, -0.2) is 23.2 Å². The number of aryl methyl sites for hydroxylation is 1. The highest BCUT2D eigenvalue weighted by Crippen LogP contribution is 2.27. The Balaban J connectivity index is 2.07. The van der Waals surface area contributed by atoms with Crippen molar-refractivity contribution in [2.75, 3.05) is 7.11 Å². The number of benzene rings is 2. The van der Waals surface area contributed by atoms with E-state index in [0.717, 1.165) is 33.5 Å². The summed E-state index contributed by atoms with van der Waals surface area (Å²) in [5.74, 6) is -0.00229. The topological polar surface area (TPSA) is 59.4 Å². The van der Waals surface area contributed by atoms with Crippen molar-refractivity contribution in [3.8, 4) is 17.0 Å². The van der Waals surface area contributed by atoms with Crippen LogP contribution < -0.4 is 4.74 Å². The van der Waals surface area contributed by atoms with Gasteiger partial charge in [0.1, 0.15) is 5.75 Å². The zero-order valence-corrected chi connectivity index (χ0v) is 12.8. The third kappa shape index (κ3) is 3.31. The molecule has 0 saturated heterocycles. The number of carboxylic acids is 1. The Morgan fingerprint density at radius 3 is 2.57 bits per heavy atom. The summed E-state index contributed by atoms with van der Waals surface area (Å²) in [6.45, 7) is 0. The molecule has 0 radical (unpaired) electrons. The summed E-state index contributed by atoms with van der Waals surface area (Å²) in [4.78, 5) is 15.6. The normalized spacial score (nSPS) is 10.7. The number of para-hydroxylation sites is 1. The molecule has 4 nitrogen and oxygen atoms in total. The second-order valence-corrected chi connectivity index (χ2v) is 5.31. The number of methoxy groups -OCH3 is 1. The number of pyridine rings is 1. The van der Waals surface area contributed by atoms with E-state index in [9.17, 15) is 4.79 Å². The molecule has 0 aliphatic heterocycles. The lowest BCUT2D eigenvalue weighted by atomic mass is 10.0. The minimum Gasteiger partial charge on any atom is -0.497 e. The molecule has 0 atom stereocenters. The number of aromatic nitrogens is 1. The Hall–Kier alpha value is -2.88. The first-order chi connectivity index (χ1) is 11.2. The number of aliphatic carboxylic acids is 1. The average molecular weight is 307 g/mol. The Kier molecular flexibility index (Phi) is 4.24. The van der Waals surface area contributed by atoms with Gasteiger partial charge in [-0.05, 0) is 48.4 Å². The first-order valence-electron chi connectivity index (χ1n) is 7.42. The Morgan fingerprint density at radius 1 is 1.13 bits per heavy atom. The molecule has 4 heteroatoms. The fraction of sp³-hybridized carbons (Fsp3) is 0.158. The van der Waals surface area contributed by atoms with E-state index in [1.54, 1.807) is 7.11 Å². The van der Waals surface area contributed by atoms with Crippen LogP contribution in [0.2, 0.25) is 0 Å². The van der Waals surface area contributed by atoms with E-state index in [1.807, 2.05) is 54.6 Å². The van der Waals surface area contributed by atoms with Gasteiger partial charge in [0.15, 0.2) is 0 Å². The minimum absolute atomic E-state index is 0.107. The number of hydrogen-bond donors (Lipinski definition) is 1. The maximum Gasteiger partial charge on any atom is 0.303 e. The molecule has 1 aromatic heterocycles. The van der Waals surface area contributed by atoms with Crippen LogP contribution >= 0.6 is 0 Å². The van der Waals surface area contributed by atoms with Crippen LogP contribution in [0.15, 0.2) is 54.6 Å². The number of carboxylic acid groups (broad SMARTS) is 1. The summed E-state index contributed by atoms with van der Waals surface area (Å²) in [5, 5.41) is 9.97. The minimum atomic E-state index is -0.795. The molecule has 0 aliphatic carbocycles. The van der Waals surface area contributed by atoms with Crippen molar-refractivity contribution in [3.63, 3.8) is 0 Å². The molecular formula is C19H17NO3. The maximum atomic E-state index is 10.9. The summed E-state index contributed by atoms with van der Waals surface area (Å²) < 4.78 is 5.18. The average Bonchev–Trinajstić information content (AvgIpc) is 2.59. The van der Waals surface area contributed by atoms with E-state index < -0.39 is 5.97 Å². The van der Waals surface area contributed by atoms with E-state index in [1.165, 1.54) is 0 Å². The second-order valence-electron chi connectivity index (χ2n) is 5.31. The summed E-state index contributed by atoms with van der Waals surface area (Å²) in [6, 6.07) is 17.5. The van der Waals surface area contributed by atoms with Gasteiger partial charge >= 0.3 is 5.97 Å². The molecule has 116 valence electrons. The van der Waals surface area contributed by atoms with Crippen LogP contribution in [0.1, 0.15) is 12.0 Å². The van der Waals surface area contributed by atoms with E-state index in [4.69, 9.17) is 14.8 Å². The lowest BCUT2D eigenvalue weighted by molar-refractivity contribution is -0.136. The maximum absolute atomic E-state index is 10.9. The molecular weight excluding hydrogens is 290 g/mol. The molecule has 0 saturated carbocycles. The Bertz CT molecular complexity index is 841. The third-order valence-corrected chi connectivity index (χ3v) is 3.80. The van der Waals surface area contributed by atoms with Crippen LogP contribution in [0.4, 0.5) is 0 Å². The molecule has 0 amide bonds. The molecule has 0 fully saturated rings. The van der Waals surface area contributed by atoms with Gasteiger partial charge in [-0.1, -0.05) is 18.2 Å². The Labute approximate surface area is 134 Å². The molecule has 3 rings (SSSR count). The summed E-state index contributed by atoms with van der Waals surface area (Å²) in [6.07, 6.45) is 0.595. The quantitative estimate of drug-likeness (QED) is 0.776. The van der Waals surface area contributed by atoms with Crippen LogP contribution in [0.3, 0.4) is 0 Å². The van der Waals surface area contributed by atoms with E-state index >= 15 is 0 Å². The molecule has 0 unspecified atom stereocenters. The van der Waals surface area contributed by atoms with Crippen LogP contribution in [0.25, 0.3) is 22.2 Å². The molecule has 1 N–H and O–H groups in total. The number of hydrogen-bond acceptors (Lipinski definition) is 3. The summed E-state index contributed by atoms with van der Waals surface area (Å²) in [7, 11) is 1.63. The number of rotatable bonds is 5. The second kappa shape index (κ2) is 6.48. The molecule has 0 aliphatic rings. The zero-order valence-electron chi connectivity index (χ0n) is 12.8. The van der Waals surface area contributed by atoms with Crippen molar-refractivity contribution in [2.24, 2.45) is 0 Å². The fourth-order valence-corrected chi connectivity index (χ4v) is 2.61. The molecule has 0 spiro atoms. The standard InChI is InChI=1S/C19H17NO3/c1-23-15-9-6-13(7-10-15)18-12-14(8-11-19(21)22)16-4-2-3-5-17(16)20-18/h2-7,9-10,12H,8,11H2,1H3,(H,21,22). The molecule has 2 aromatic carbocycles. The molecule has 1 heterocycles. The van der Waals surface area contributed by atoms with Crippen LogP contribution in [0, 0.1) is 0 Å². The van der Waals surface area contributed by atoms with Crippen molar-refractivity contribution in [1.82, 2.24) is 4.98 Å². The third-order valence-electron chi connectivity index (χ3n) is 3.80. The number of nitrogens with zero attached hydrogens (tertiary/aromatic N) is 1. The van der Waals surface area contributed by atoms with E-state index in [2.05, 4.69) is 0 Å². The lowest BCUT2D eigenvalue weighted by Gasteiger charge is -2.10. The first kappa shape index (κ1) is 15.0. The number of carbonyl (C=O) groups is 1. The monoisotopic (exact) mass is 307 g/mol. The van der Waals surface area contributed by atoms with Crippen molar-refractivity contribution in [1.29, 1.82) is 0 Å². The van der Waals surface area contributed by atoms with Gasteiger partial charge in [0.2, 0.25) is 0 Å². The SMILES string of the molecule is COc1ccc(-c2cc(CCC(=O)O)c3ccccc3n2)cc1. The lowest BCUT2D eigenvalue weighted by Crippen LogP contribution is -1.99. The predicted molar refractivity (Wildman–Crippen MR) is 89.7 cm³/mol. The summed E-state index contributed by atoms with van der Waals surface area (Å²) in [5.41, 5.74) is 3.70. The van der Waals surface area contributed by atoms with Gasteiger partial charge in [-0.25, -0.2) is 4.98 Å². The van der Waals surface area contributed by atoms with Crippen molar-refractivity contribution >= 4 is 16.9 Å². The molecule has 0 bridgehead atoms. The molecule has 3 aromatic rings. The molecule has 23 heavy (non-hydrogen) atoms. The van der Waals surface area contributed by atoms with E-state index in [-0.39, 0.29) is 6.42 Å². The van der Waals surface area contributed by atoms with Crippen molar-refractivity contribution < 1.29 is 14.6 Å². The van der Waals surface area contributed by atoms with Gasteiger partial charge in [0.05, 0.1) is 18.3 Å². The van der Waals surface area contributed by atoms with Crippen molar-refractivity contribution in [3.05, 3.63) is 60.2 Å². The van der Waals surface area contributed by atoms with Crippen LogP contribution in [0.5, 0.6) is 5.75 Å². The van der Waals surface area contributed by atoms with Gasteiger partial charge in [0.25, 0.3) is 0 Å². The highest BCUT2D eigenvalue weighted by molar-refractivity contribution is 5.85. The van der Waals surface area contributed by atoms with Gasteiger partial charge in [-0.3, -0.25) is 4.79 Å². The van der Waals surface area contributed by atoms with Gasteiger partial charge in [0, 0.05) is 17.4 Å². The van der Waals surface area contributed by atoms with Gasteiger partial charge in [-0.15, -0.1) is 0 Å². The van der Waals surface area contributed by atoms with Gasteiger partial charge in [-0.2, -0.15) is 0 Å². The predicted octanol–water partition coefficient (Wildman–Crippen LogP) is 3.93. The zero-order chi connectivity index (χ0) is 16.2. The van der Waals surface area contributed by atoms with E-state index in [0.29, 0.717) is 6.42 Å². The largest absolute Gasteiger partial charge is 0.497 e. The fourth-order valence-electron chi connectivity index (χ4n) is 2.61. The summed E-state index contributed by atoms with van der Waals surface area (Å²) >= 11 is 0. The highest BCUT2D eigenvalue weighted by atomic mass is 16.5. The highest BCUT2D eigenvalue weighted by Gasteiger charge is 2.09.